The van der Waals surface area contributed by atoms with Gasteiger partial charge in [0.1, 0.15) is 0 Å². The molecule has 0 saturated heterocycles. The first-order valence-electron chi connectivity index (χ1n) is 3.60. The Balaban J connectivity index is 2.88. The Kier molecular flexibility index (Phi) is 6.65. The van der Waals surface area contributed by atoms with Gasteiger partial charge in [0.2, 0.25) is 0 Å². The molecule has 0 amide bonds. The molecule has 0 aliphatic rings. The van der Waals surface area contributed by atoms with Gasteiger partial charge in [-0.15, -0.1) is 0 Å². The average Bonchev–Trinajstić information content (AvgIpc) is 1.89. The summed E-state index contributed by atoms with van der Waals surface area (Å²) in [5.41, 5.74) is 0. The molecule has 0 radical (unpaired) electrons. The Hall–Kier alpha value is 0.310. The quantitative estimate of drug-likeness (QED) is 0.450. The van der Waals surface area contributed by atoms with Gasteiger partial charge >= 0.3 is 0 Å². The van der Waals surface area contributed by atoms with Crippen LogP contribution in [0.4, 0.5) is 0 Å². The van der Waals surface area contributed by atoms with Crippen LogP contribution >= 0.6 is 12.6 Å². The molecule has 0 rings (SSSR count). The van der Waals surface area contributed by atoms with Crippen molar-refractivity contribution in [1.29, 1.82) is 0 Å². The molecule has 9 heavy (non-hydrogen) atoms. The first-order valence-corrected chi connectivity index (χ1v) is 4.11. The Labute approximate surface area is 62.9 Å². The summed E-state index contributed by atoms with van der Waals surface area (Å²) in [6.07, 6.45) is 4.75. The lowest BCUT2D eigenvalue weighted by Crippen LogP contribution is -2.03. The van der Waals surface area contributed by atoms with Crippen LogP contribution in [0.15, 0.2) is 0 Å². The molecule has 0 heterocycles. The predicted molar refractivity (Wildman–Crippen MR) is 44.0 cm³/mol. The zero-order valence-corrected chi connectivity index (χ0v) is 6.90. The summed E-state index contributed by atoms with van der Waals surface area (Å²) >= 11 is 4.15. The zero-order valence-electron chi connectivity index (χ0n) is 6.01. The maximum Gasteiger partial charge on any atom is 0.0547 e. The van der Waals surface area contributed by atoms with Crippen molar-refractivity contribution in [3.05, 3.63) is 0 Å². The number of unbranched alkanes of at least 4 members (excludes halogenated alkanes) is 2. The van der Waals surface area contributed by atoms with Gasteiger partial charge in [-0.25, -0.2) is 0 Å². The lowest BCUT2D eigenvalue weighted by Gasteiger charge is -2.04. The highest BCUT2D eigenvalue weighted by molar-refractivity contribution is 7.81. The van der Waals surface area contributed by atoms with Gasteiger partial charge in [-0.1, -0.05) is 26.2 Å². The second-order valence-corrected chi connectivity index (χ2v) is 3.06. The van der Waals surface area contributed by atoms with Gasteiger partial charge in [0.25, 0.3) is 0 Å². The van der Waals surface area contributed by atoms with E-state index in [0.717, 1.165) is 6.42 Å². The summed E-state index contributed by atoms with van der Waals surface area (Å²) in [4.78, 5) is 0. The number of rotatable bonds is 5. The highest BCUT2D eigenvalue weighted by Crippen LogP contribution is 2.06. The van der Waals surface area contributed by atoms with Gasteiger partial charge in [0.05, 0.1) is 6.61 Å². The van der Waals surface area contributed by atoms with Gasteiger partial charge in [-0.3, -0.25) is 0 Å². The highest BCUT2D eigenvalue weighted by atomic mass is 32.1. The van der Waals surface area contributed by atoms with E-state index in [0.29, 0.717) is 0 Å². The van der Waals surface area contributed by atoms with Crippen molar-refractivity contribution in [1.82, 2.24) is 0 Å². The van der Waals surface area contributed by atoms with Gasteiger partial charge in [-0.2, -0.15) is 12.6 Å². The normalized spacial score (nSPS) is 13.7. The summed E-state index contributed by atoms with van der Waals surface area (Å²) in [6, 6.07) is 0. The molecule has 56 valence electrons. The van der Waals surface area contributed by atoms with E-state index in [1.165, 1.54) is 19.3 Å². The van der Waals surface area contributed by atoms with E-state index in [1.54, 1.807) is 0 Å². The van der Waals surface area contributed by atoms with Crippen LogP contribution in [0, 0.1) is 0 Å². The molecular weight excluding hydrogens is 132 g/mol. The molecule has 0 spiro atoms. The minimum Gasteiger partial charge on any atom is -0.395 e. The van der Waals surface area contributed by atoms with E-state index in [4.69, 9.17) is 5.11 Å². The molecule has 1 atom stereocenters. The van der Waals surface area contributed by atoms with E-state index >= 15 is 0 Å². The molecule has 0 saturated carbocycles. The lowest BCUT2D eigenvalue weighted by molar-refractivity contribution is 0.289. The Bertz CT molecular complexity index is 56.9. The maximum absolute atomic E-state index is 8.56. The fraction of sp³-hybridized carbons (Fsp3) is 1.00. The fourth-order valence-corrected chi connectivity index (χ4v) is 0.904. The second-order valence-electron chi connectivity index (χ2n) is 2.33. The molecule has 0 fully saturated rings. The molecule has 0 bridgehead atoms. The summed E-state index contributed by atoms with van der Waals surface area (Å²) in [6.45, 7) is 2.39. The van der Waals surface area contributed by atoms with E-state index in [-0.39, 0.29) is 11.9 Å². The lowest BCUT2D eigenvalue weighted by atomic mass is 10.2. The minimum absolute atomic E-state index is 0.205. The van der Waals surface area contributed by atoms with E-state index in [9.17, 15) is 0 Å². The molecule has 0 aliphatic heterocycles. The smallest absolute Gasteiger partial charge is 0.0547 e. The number of aliphatic hydroxyl groups excluding tert-OH is 1. The first kappa shape index (κ1) is 9.31. The van der Waals surface area contributed by atoms with E-state index in [2.05, 4.69) is 19.6 Å². The van der Waals surface area contributed by atoms with Crippen LogP contribution in [-0.4, -0.2) is 17.0 Å². The molecule has 1 N–H and O–H groups in total. The largest absolute Gasteiger partial charge is 0.395 e. The zero-order chi connectivity index (χ0) is 7.11. The van der Waals surface area contributed by atoms with E-state index < -0.39 is 0 Å². The molecular formula is C7H16OS. The Morgan fingerprint density at radius 2 is 2.11 bits per heavy atom. The van der Waals surface area contributed by atoms with Crippen molar-refractivity contribution in [3.63, 3.8) is 0 Å². The summed E-state index contributed by atoms with van der Waals surface area (Å²) in [5.74, 6) is 0. The van der Waals surface area contributed by atoms with Crippen LogP contribution in [0.3, 0.4) is 0 Å². The Morgan fingerprint density at radius 3 is 2.56 bits per heavy atom. The summed E-state index contributed by atoms with van der Waals surface area (Å²) in [7, 11) is 0. The van der Waals surface area contributed by atoms with Gasteiger partial charge in [0.15, 0.2) is 0 Å². The number of hydrogen-bond donors (Lipinski definition) is 2. The second kappa shape index (κ2) is 6.43. The van der Waals surface area contributed by atoms with Gasteiger partial charge in [-0.05, 0) is 6.42 Å². The number of aliphatic hydroxyl groups is 1. The topological polar surface area (TPSA) is 20.2 Å². The number of hydrogen-bond acceptors (Lipinski definition) is 2. The van der Waals surface area contributed by atoms with Gasteiger partial charge in [0, 0.05) is 5.25 Å². The fourth-order valence-electron chi connectivity index (χ4n) is 0.721. The van der Waals surface area contributed by atoms with Crippen molar-refractivity contribution >= 4 is 12.6 Å². The molecule has 0 aromatic heterocycles. The minimum atomic E-state index is 0.205. The van der Waals surface area contributed by atoms with Crippen LogP contribution in [0.2, 0.25) is 0 Å². The van der Waals surface area contributed by atoms with Crippen LogP contribution in [0.25, 0.3) is 0 Å². The standard InChI is InChI=1S/C7H16OS/c1-2-3-4-5-7(9)6-8/h7-9H,2-6H2,1H3. The van der Waals surface area contributed by atoms with Crippen molar-refractivity contribution in [2.24, 2.45) is 0 Å². The van der Waals surface area contributed by atoms with Crippen molar-refractivity contribution in [2.75, 3.05) is 6.61 Å². The Morgan fingerprint density at radius 1 is 1.44 bits per heavy atom. The monoisotopic (exact) mass is 148 g/mol. The highest BCUT2D eigenvalue weighted by Gasteiger charge is 1.97. The number of thiol groups is 1. The molecule has 0 aromatic rings. The third kappa shape index (κ3) is 6.19. The summed E-state index contributed by atoms with van der Waals surface area (Å²) in [5, 5.41) is 8.76. The SMILES string of the molecule is CCCCCC(S)CO. The maximum atomic E-state index is 8.56. The van der Waals surface area contributed by atoms with Crippen molar-refractivity contribution in [3.8, 4) is 0 Å². The summed E-state index contributed by atoms with van der Waals surface area (Å²) < 4.78 is 0. The van der Waals surface area contributed by atoms with Crippen LogP contribution in [0.5, 0.6) is 0 Å². The molecule has 1 unspecified atom stereocenters. The third-order valence-corrected chi connectivity index (χ3v) is 1.77. The van der Waals surface area contributed by atoms with Gasteiger partial charge < -0.3 is 5.11 Å². The van der Waals surface area contributed by atoms with Crippen LogP contribution < -0.4 is 0 Å². The molecule has 0 aliphatic carbocycles. The molecule has 1 nitrogen and oxygen atoms in total. The predicted octanol–water partition coefficient (Wildman–Crippen LogP) is 1.86. The van der Waals surface area contributed by atoms with E-state index in [1.807, 2.05) is 0 Å². The first-order chi connectivity index (χ1) is 4.31. The average molecular weight is 148 g/mol. The van der Waals surface area contributed by atoms with Crippen LogP contribution in [-0.2, 0) is 0 Å². The van der Waals surface area contributed by atoms with Crippen LogP contribution in [0.1, 0.15) is 32.6 Å². The van der Waals surface area contributed by atoms with Crippen molar-refractivity contribution < 1.29 is 5.11 Å². The molecule has 0 aromatic carbocycles. The molecule has 2 heteroatoms. The third-order valence-electron chi connectivity index (χ3n) is 1.35. The van der Waals surface area contributed by atoms with Crippen molar-refractivity contribution in [2.45, 2.75) is 37.9 Å².